The van der Waals surface area contributed by atoms with Crippen molar-refractivity contribution in [3.8, 4) is 0 Å². The van der Waals surface area contributed by atoms with Gasteiger partial charge in [0, 0.05) is 11.0 Å². The molecule has 1 unspecified atom stereocenters. The normalized spacial score (nSPS) is 18.2. The van der Waals surface area contributed by atoms with Crippen molar-refractivity contribution in [3.63, 3.8) is 0 Å². The summed E-state index contributed by atoms with van der Waals surface area (Å²) in [5.41, 5.74) is 2.19. The smallest absolute Gasteiger partial charge is 0.310 e. The van der Waals surface area contributed by atoms with Crippen LogP contribution in [0.1, 0.15) is 56.1 Å². The van der Waals surface area contributed by atoms with E-state index in [2.05, 4.69) is 23.9 Å². The Labute approximate surface area is 119 Å². The Hall–Kier alpha value is -0.960. The molecule has 0 amide bonds. The molecule has 0 saturated heterocycles. The number of hydrogen-bond donors (Lipinski definition) is 1. The minimum Gasteiger partial charge on any atom is -0.481 e. The summed E-state index contributed by atoms with van der Waals surface area (Å²) in [5, 5.41) is 9.80. The highest BCUT2D eigenvalue weighted by Crippen LogP contribution is 2.30. The maximum Gasteiger partial charge on any atom is 0.310 e. The van der Waals surface area contributed by atoms with Crippen LogP contribution < -0.4 is 0 Å². The van der Waals surface area contributed by atoms with Gasteiger partial charge in [-0.25, -0.2) is 0 Å². The van der Waals surface area contributed by atoms with Gasteiger partial charge in [0.2, 0.25) is 0 Å². The average Bonchev–Trinajstić information content (AvgIpc) is 2.46. The molecule has 1 saturated carbocycles. The van der Waals surface area contributed by atoms with Crippen LogP contribution in [-0.4, -0.2) is 16.3 Å². The Kier molecular flexibility index (Phi) is 5.32. The largest absolute Gasteiger partial charge is 0.481 e. The first kappa shape index (κ1) is 14.4. The van der Waals surface area contributed by atoms with Crippen molar-refractivity contribution in [2.24, 2.45) is 0 Å². The highest BCUT2D eigenvalue weighted by molar-refractivity contribution is 7.99. The summed E-state index contributed by atoms with van der Waals surface area (Å²) in [6.45, 7) is 1.73. The van der Waals surface area contributed by atoms with Crippen molar-refractivity contribution in [1.29, 1.82) is 0 Å². The van der Waals surface area contributed by atoms with Gasteiger partial charge in [0.1, 0.15) is 0 Å². The second-order valence-corrected chi connectivity index (χ2v) is 6.66. The first-order valence-electron chi connectivity index (χ1n) is 7.10. The molecule has 1 aromatic carbocycles. The zero-order valence-corrected chi connectivity index (χ0v) is 12.3. The molecule has 1 aromatic rings. The maximum absolute atomic E-state index is 10.9. The van der Waals surface area contributed by atoms with Gasteiger partial charge in [-0.1, -0.05) is 43.5 Å². The Morgan fingerprint density at radius 1 is 1.26 bits per heavy atom. The lowest BCUT2D eigenvalue weighted by molar-refractivity contribution is -0.138. The number of thioether (sulfide) groups is 1. The third kappa shape index (κ3) is 4.27. The molecule has 0 aliphatic heterocycles. The molecule has 1 N–H and O–H groups in total. The molecule has 0 bridgehead atoms. The highest BCUT2D eigenvalue weighted by atomic mass is 32.2. The summed E-state index contributed by atoms with van der Waals surface area (Å²) in [7, 11) is 0. The molecule has 2 nitrogen and oxygen atoms in total. The quantitative estimate of drug-likeness (QED) is 0.865. The summed E-state index contributed by atoms with van der Waals surface area (Å²) >= 11 is 2.05. The van der Waals surface area contributed by atoms with Crippen LogP contribution in [0.25, 0.3) is 0 Å². The molecule has 1 fully saturated rings. The number of carbonyl (C=O) groups is 1. The fraction of sp³-hybridized carbons (Fsp3) is 0.562. The van der Waals surface area contributed by atoms with Crippen molar-refractivity contribution in [1.82, 2.24) is 0 Å². The van der Waals surface area contributed by atoms with Crippen LogP contribution in [0.5, 0.6) is 0 Å². The zero-order valence-electron chi connectivity index (χ0n) is 11.5. The average molecular weight is 278 g/mol. The standard InChI is InChI=1S/C16H22O2S/c1-12(16(17)18)14-9-7-13(8-10-14)11-19-15-5-3-2-4-6-15/h7-10,12,15H,2-6,11H2,1H3,(H,17,18). The number of rotatable bonds is 5. The molecule has 0 aromatic heterocycles. The second kappa shape index (κ2) is 6.99. The predicted octanol–water partition coefficient (Wildman–Crippen LogP) is 4.44. The third-order valence-corrected chi connectivity index (χ3v) is 5.33. The fourth-order valence-electron chi connectivity index (χ4n) is 2.49. The van der Waals surface area contributed by atoms with Crippen molar-refractivity contribution in [2.75, 3.05) is 0 Å². The van der Waals surface area contributed by atoms with Crippen LogP contribution in [0.2, 0.25) is 0 Å². The molecular formula is C16H22O2S. The Morgan fingerprint density at radius 2 is 1.89 bits per heavy atom. The predicted molar refractivity (Wildman–Crippen MR) is 80.7 cm³/mol. The second-order valence-electron chi connectivity index (χ2n) is 5.37. The van der Waals surface area contributed by atoms with E-state index in [-0.39, 0.29) is 0 Å². The summed E-state index contributed by atoms with van der Waals surface area (Å²) in [6.07, 6.45) is 6.88. The molecule has 1 aliphatic carbocycles. The molecule has 3 heteroatoms. The SMILES string of the molecule is CC(C(=O)O)c1ccc(CSC2CCCCC2)cc1. The van der Waals surface area contributed by atoms with E-state index in [1.54, 1.807) is 6.92 Å². The Bertz CT molecular complexity index is 407. The van der Waals surface area contributed by atoms with Crippen molar-refractivity contribution in [3.05, 3.63) is 35.4 Å². The van der Waals surface area contributed by atoms with E-state index < -0.39 is 11.9 Å². The first-order valence-corrected chi connectivity index (χ1v) is 8.15. The van der Waals surface area contributed by atoms with Gasteiger partial charge in [-0.05, 0) is 30.9 Å². The van der Waals surface area contributed by atoms with E-state index in [0.29, 0.717) is 0 Å². The minimum atomic E-state index is -0.760. The molecule has 104 valence electrons. The molecule has 19 heavy (non-hydrogen) atoms. The Morgan fingerprint density at radius 3 is 2.47 bits per heavy atom. The molecule has 2 rings (SSSR count). The van der Waals surface area contributed by atoms with Crippen LogP contribution >= 0.6 is 11.8 Å². The lowest BCUT2D eigenvalue weighted by Crippen LogP contribution is -2.08. The van der Waals surface area contributed by atoms with E-state index >= 15 is 0 Å². The van der Waals surface area contributed by atoms with Crippen LogP contribution in [0.15, 0.2) is 24.3 Å². The van der Waals surface area contributed by atoms with E-state index in [1.807, 2.05) is 12.1 Å². The topological polar surface area (TPSA) is 37.3 Å². The van der Waals surface area contributed by atoms with Crippen LogP contribution in [0.3, 0.4) is 0 Å². The lowest BCUT2D eigenvalue weighted by atomic mass is 10.0. The molecule has 1 atom stereocenters. The van der Waals surface area contributed by atoms with E-state index in [1.165, 1.54) is 37.7 Å². The van der Waals surface area contributed by atoms with E-state index in [0.717, 1.165) is 16.6 Å². The molecule has 1 aliphatic rings. The summed E-state index contributed by atoms with van der Waals surface area (Å²) in [4.78, 5) is 10.9. The summed E-state index contributed by atoms with van der Waals surface area (Å²) in [6, 6.07) is 8.06. The van der Waals surface area contributed by atoms with Crippen LogP contribution in [0, 0.1) is 0 Å². The first-order chi connectivity index (χ1) is 9.16. The number of aliphatic carboxylic acids is 1. The molecule has 0 heterocycles. The van der Waals surface area contributed by atoms with E-state index in [4.69, 9.17) is 5.11 Å². The number of carboxylic acid groups (broad SMARTS) is 1. The summed E-state index contributed by atoms with van der Waals surface area (Å²) < 4.78 is 0. The maximum atomic E-state index is 10.9. The van der Waals surface area contributed by atoms with Gasteiger partial charge in [-0.15, -0.1) is 0 Å². The van der Waals surface area contributed by atoms with Crippen LogP contribution in [-0.2, 0) is 10.5 Å². The molecule has 0 spiro atoms. The lowest BCUT2D eigenvalue weighted by Gasteiger charge is -2.21. The molecule has 0 radical (unpaired) electrons. The van der Waals surface area contributed by atoms with Crippen LogP contribution in [0.4, 0.5) is 0 Å². The number of benzene rings is 1. The van der Waals surface area contributed by atoms with Gasteiger partial charge in [0.15, 0.2) is 0 Å². The van der Waals surface area contributed by atoms with Gasteiger partial charge in [0.05, 0.1) is 5.92 Å². The monoisotopic (exact) mass is 278 g/mol. The minimum absolute atomic E-state index is 0.417. The van der Waals surface area contributed by atoms with Gasteiger partial charge in [0.25, 0.3) is 0 Å². The van der Waals surface area contributed by atoms with Gasteiger partial charge in [-0.2, -0.15) is 11.8 Å². The van der Waals surface area contributed by atoms with Gasteiger partial charge < -0.3 is 5.11 Å². The fourth-order valence-corrected chi connectivity index (χ4v) is 3.78. The summed E-state index contributed by atoms with van der Waals surface area (Å²) in [5.74, 6) is -0.128. The number of hydrogen-bond acceptors (Lipinski definition) is 2. The van der Waals surface area contributed by atoms with Gasteiger partial charge >= 0.3 is 5.97 Å². The van der Waals surface area contributed by atoms with Crippen molar-refractivity contribution >= 4 is 17.7 Å². The van der Waals surface area contributed by atoms with Crippen molar-refractivity contribution in [2.45, 2.75) is 55.9 Å². The zero-order chi connectivity index (χ0) is 13.7. The molecular weight excluding hydrogens is 256 g/mol. The Balaban J connectivity index is 1.86. The highest BCUT2D eigenvalue weighted by Gasteiger charge is 2.15. The van der Waals surface area contributed by atoms with Crippen molar-refractivity contribution < 1.29 is 9.90 Å². The van der Waals surface area contributed by atoms with E-state index in [9.17, 15) is 4.79 Å². The number of carboxylic acids is 1. The van der Waals surface area contributed by atoms with Gasteiger partial charge in [-0.3, -0.25) is 4.79 Å². The third-order valence-electron chi connectivity index (χ3n) is 3.89.